The number of hydrogen-bond donors (Lipinski definition) is 2. The fourth-order valence-electron chi connectivity index (χ4n) is 3.58. The molecule has 158 valence electrons. The number of phenolic OH excluding ortho intramolecular Hbond substituents is 1. The highest BCUT2D eigenvalue weighted by molar-refractivity contribution is 5.99. The van der Waals surface area contributed by atoms with E-state index in [0.29, 0.717) is 31.1 Å². The molecule has 0 saturated heterocycles. The lowest BCUT2D eigenvalue weighted by molar-refractivity contribution is 0.0773. The molecule has 0 radical (unpaired) electrons. The van der Waals surface area contributed by atoms with Crippen molar-refractivity contribution < 1.29 is 14.6 Å². The first-order valence-electron chi connectivity index (χ1n) is 10.4. The van der Waals surface area contributed by atoms with Crippen molar-refractivity contribution in [3.8, 4) is 11.5 Å². The third-order valence-electron chi connectivity index (χ3n) is 5.20. The van der Waals surface area contributed by atoms with E-state index in [-0.39, 0.29) is 11.7 Å². The summed E-state index contributed by atoms with van der Waals surface area (Å²) in [5, 5.41) is 12.7. The number of phenols is 1. The lowest BCUT2D eigenvalue weighted by Gasteiger charge is -2.27. The van der Waals surface area contributed by atoms with Gasteiger partial charge in [-0.1, -0.05) is 18.2 Å². The molecular formula is C25H25N3O3. The number of anilines is 2. The Morgan fingerprint density at radius 1 is 1.13 bits per heavy atom. The maximum Gasteiger partial charge on any atom is 0.257 e. The zero-order chi connectivity index (χ0) is 21.6. The molecule has 2 N–H and O–H groups in total. The minimum Gasteiger partial charge on any atom is -0.508 e. The van der Waals surface area contributed by atoms with E-state index < -0.39 is 0 Å². The van der Waals surface area contributed by atoms with E-state index in [1.165, 1.54) is 5.57 Å². The summed E-state index contributed by atoms with van der Waals surface area (Å²) in [6, 6.07) is 18.3. The number of amides is 1. The number of rotatable bonds is 6. The molecule has 6 nitrogen and oxygen atoms in total. The van der Waals surface area contributed by atoms with Crippen molar-refractivity contribution in [3.63, 3.8) is 0 Å². The summed E-state index contributed by atoms with van der Waals surface area (Å²) >= 11 is 0. The van der Waals surface area contributed by atoms with Gasteiger partial charge in [0.05, 0.1) is 12.2 Å². The van der Waals surface area contributed by atoms with Crippen molar-refractivity contribution in [2.45, 2.75) is 13.3 Å². The first kappa shape index (κ1) is 20.5. The van der Waals surface area contributed by atoms with Crippen molar-refractivity contribution in [2.75, 3.05) is 25.0 Å². The Morgan fingerprint density at radius 3 is 2.58 bits per heavy atom. The number of carbonyl (C=O) groups is 1. The molecule has 4 rings (SSSR count). The van der Waals surface area contributed by atoms with Gasteiger partial charge in [0.25, 0.3) is 5.91 Å². The summed E-state index contributed by atoms with van der Waals surface area (Å²) in [7, 11) is 0. The summed E-state index contributed by atoms with van der Waals surface area (Å²) in [6.07, 6.45) is 4.51. The van der Waals surface area contributed by atoms with Gasteiger partial charge in [-0.05, 0) is 73.0 Å². The molecule has 1 aliphatic rings. The average Bonchev–Trinajstić information content (AvgIpc) is 2.81. The number of carbonyl (C=O) groups excluding carboxylic acids is 1. The Morgan fingerprint density at radius 2 is 1.90 bits per heavy atom. The van der Waals surface area contributed by atoms with Gasteiger partial charge < -0.3 is 20.1 Å². The zero-order valence-electron chi connectivity index (χ0n) is 17.4. The van der Waals surface area contributed by atoms with Crippen molar-refractivity contribution in [1.82, 2.24) is 9.88 Å². The first-order valence-corrected chi connectivity index (χ1v) is 10.4. The van der Waals surface area contributed by atoms with Gasteiger partial charge in [-0.2, -0.15) is 0 Å². The van der Waals surface area contributed by atoms with Gasteiger partial charge >= 0.3 is 0 Å². The molecule has 0 spiro atoms. The molecule has 0 aliphatic carbocycles. The molecule has 1 aromatic heterocycles. The molecule has 1 aliphatic heterocycles. The second-order valence-electron chi connectivity index (χ2n) is 7.26. The van der Waals surface area contributed by atoms with Crippen LogP contribution in [0.2, 0.25) is 0 Å². The summed E-state index contributed by atoms with van der Waals surface area (Å²) in [6.45, 7) is 3.72. The highest BCUT2D eigenvalue weighted by Crippen LogP contribution is 2.26. The van der Waals surface area contributed by atoms with E-state index in [1.54, 1.807) is 30.5 Å². The van der Waals surface area contributed by atoms with Gasteiger partial charge in [-0.15, -0.1) is 0 Å². The second-order valence-corrected chi connectivity index (χ2v) is 7.26. The molecule has 3 aromatic rings. The molecule has 31 heavy (non-hydrogen) atoms. The highest BCUT2D eigenvalue weighted by atomic mass is 16.5. The van der Waals surface area contributed by atoms with Crippen LogP contribution in [-0.4, -0.2) is 40.6 Å². The normalized spacial score (nSPS) is 13.5. The van der Waals surface area contributed by atoms with E-state index in [9.17, 15) is 9.90 Å². The minimum atomic E-state index is -0.0532. The molecule has 0 saturated carbocycles. The maximum atomic E-state index is 13.2. The predicted molar refractivity (Wildman–Crippen MR) is 122 cm³/mol. The Labute approximate surface area is 181 Å². The molecule has 2 heterocycles. The van der Waals surface area contributed by atoms with Crippen LogP contribution in [-0.2, 0) is 0 Å². The van der Waals surface area contributed by atoms with E-state index >= 15 is 0 Å². The second kappa shape index (κ2) is 9.34. The van der Waals surface area contributed by atoms with E-state index in [1.807, 2.05) is 48.2 Å². The van der Waals surface area contributed by atoms with Crippen LogP contribution in [0.25, 0.3) is 5.57 Å². The molecule has 0 atom stereocenters. The number of hydrogen-bond acceptors (Lipinski definition) is 5. The smallest absolute Gasteiger partial charge is 0.257 e. The van der Waals surface area contributed by atoms with Gasteiger partial charge in [-0.25, -0.2) is 4.98 Å². The number of aromatic hydroxyl groups is 1. The maximum absolute atomic E-state index is 13.2. The molecular weight excluding hydrogens is 390 g/mol. The number of aromatic nitrogens is 1. The van der Waals surface area contributed by atoms with Crippen LogP contribution in [0.15, 0.2) is 72.9 Å². The first-order chi connectivity index (χ1) is 15.1. The van der Waals surface area contributed by atoms with Crippen LogP contribution in [0.5, 0.6) is 11.5 Å². The summed E-state index contributed by atoms with van der Waals surface area (Å²) < 4.78 is 5.48. The van der Waals surface area contributed by atoms with Crippen LogP contribution in [0, 0.1) is 0 Å². The summed E-state index contributed by atoms with van der Waals surface area (Å²) in [5.41, 5.74) is 3.63. The monoisotopic (exact) mass is 415 g/mol. The van der Waals surface area contributed by atoms with Crippen molar-refractivity contribution >= 4 is 23.0 Å². The molecule has 6 heteroatoms. The largest absolute Gasteiger partial charge is 0.508 e. The highest BCUT2D eigenvalue weighted by Gasteiger charge is 2.22. The Kier molecular flexibility index (Phi) is 6.17. The van der Waals surface area contributed by atoms with E-state index in [0.717, 1.165) is 23.4 Å². The lowest BCUT2D eigenvalue weighted by Crippen LogP contribution is -2.35. The van der Waals surface area contributed by atoms with Gasteiger partial charge in [0.2, 0.25) is 0 Å². The SMILES string of the molecule is CCOc1ccc(Nc2ncccc2C(=O)N2CC=C(c3ccc(O)cc3)CC2)cc1. The van der Waals surface area contributed by atoms with Gasteiger partial charge in [0.1, 0.15) is 17.3 Å². The zero-order valence-corrected chi connectivity index (χ0v) is 17.4. The Balaban J connectivity index is 1.47. The molecule has 0 unspecified atom stereocenters. The van der Waals surface area contributed by atoms with Gasteiger partial charge in [0.15, 0.2) is 0 Å². The van der Waals surface area contributed by atoms with Gasteiger partial charge in [0, 0.05) is 25.0 Å². The van der Waals surface area contributed by atoms with E-state index in [4.69, 9.17) is 4.74 Å². The van der Waals surface area contributed by atoms with Crippen LogP contribution in [0.1, 0.15) is 29.3 Å². The number of ether oxygens (including phenoxy) is 1. The molecule has 0 fully saturated rings. The third kappa shape index (κ3) is 4.86. The molecule has 2 aromatic carbocycles. The van der Waals surface area contributed by atoms with Crippen molar-refractivity contribution in [2.24, 2.45) is 0 Å². The molecule has 0 bridgehead atoms. The summed E-state index contributed by atoms with van der Waals surface area (Å²) in [5.74, 6) is 1.53. The third-order valence-corrected chi connectivity index (χ3v) is 5.20. The number of benzene rings is 2. The van der Waals surface area contributed by atoms with Crippen molar-refractivity contribution in [1.29, 1.82) is 0 Å². The standard InChI is InChI=1S/C25H25N3O3/c1-2-31-22-11-7-20(8-12-22)27-24-23(4-3-15-26-24)25(30)28-16-13-19(14-17-28)18-5-9-21(29)10-6-18/h3-13,15,29H,2,14,16-17H2,1H3,(H,26,27). The predicted octanol–water partition coefficient (Wildman–Crippen LogP) is 4.86. The molecule has 1 amide bonds. The fourth-order valence-corrected chi connectivity index (χ4v) is 3.58. The summed E-state index contributed by atoms with van der Waals surface area (Å²) in [4.78, 5) is 19.4. The Hall–Kier alpha value is -3.80. The number of nitrogens with zero attached hydrogens (tertiary/aromatic N) is 2. The van der Waals surface area contributed by atoms with Gasteiger partial charge in [-0.3, -0.25) is 4.79 Å². The van der Waals surface area contributed by atoms with Crippen molar-refractivity contribution in [3.05, 3.63) is 84.1 Å². The van der Waals surface area contributed by atoms with Crippen LogP contribution >= 0.6 is 0 Å². The van der Waals surface area contributed by atoms with Crippen LogP contribution in [0.4, 0.5) is 11.5 Å². The van der Waals surface area contributed by atoms with E-state index in [2.05, 4.69) is 16.4 Å². The topological polar surface area (TPSA) is 74.7 Å². The average molecular weight is 415 g/mol. The fraction of sp³-hybridized carbons (Fsp3) is 0.200. The number of nitrogens with one attached hydrogen (secondary N) is 1. The Bertz CT molecular complexity index is 1080. The van der Waals surface area contributed by atoms with Crippen LogP contribution in [0.3, 0.4) is 0 Å². The minimum absolute atomic E-state index is 0.0532. The quantitative estimate of drug-likeness (QED) is 0.601. The number of pyridine rings is 1. The van der Waals surface area contributed by atoms with Crippen LogP contribution < -0.4 is 10.1 Å². The lowest BCUT2D eigenvalue weighted by atomic mass is 9.99.